The van der Waals surface area contributed by atoms with E-state index in [1.807, 2.05) is 38.1 Å². The Labute approximate surface area is 183 Å². The molecule has 1 atom stereocenters. The fourth-order valence-electron chi connectivity index (χ4n) is 3.78. The first kappa shape index (κ1) is 21.3. The van der Waals surface area contributed by atoms with Gasteiger partial charge in [0.25, 0.3) is 11.8 Å². The highest BCUT2D eigenvalue weighted by Crippen LogP contribution is 2.38. The van der Waals surface area contributed by atoms with Crippen molar-refractivity contribution >= 4 is 45.2 Å². The van der Waals surface area contributed by atoms with Crippen molar-refractivity contribution in [1.29, 1.82) is 0 Å². The average Bonchev–Trinajstić information content (AvgIpc) is 3.28. The van der Waals surface area contributed by atoms with E-state index in [4.69, 9.17) is 4.74 Å². The number of rotatable bonds is 5. The van der Waals surface area contributed by atoms with E-state index >= 15 is 0 Å². The maximum absolute atomic E-state index is 12.9. The van der Waals surface area contributed by atoms with Gasteiger partial charge in [-0.1, -0.05) is 18.2 Å². The van der Waals surface area contributed by atoms with Crippen LogP contribution in [-0.2, 0) is 14.3 Å². The first-order valence-corrected chi connectivity index (χ1v) is 11.0. The minimum Gasteiger partial charge on any atom is -0.370 e. The molecule has 3 heterocycles. The van der Waals surface area contributed by atoms with Gasteiger partial charge < -0.3 is 20.3 Å². The number of benzene rings is 1. The highest BCUT2D eigenvalue weighted by molar-refractivity contribution is 7.21. The number of morpholine rings is 1. The lowest BCUT2D eigenvalue weighted by Gasteiger charge is -2.34. The maximum atomic E-state index is 12.9. The number of carbonyl (C=O) groups excluding carboxylic acids is 4. The molecule has 2 aliphatic heterocycles. The van der Waals surface area contributed by atoms with Crippen LogP contribution in [0.4, 0.5) is 4.79 Å². The van der Waals surface area contributed by atoms with Crippen LogP contribution in [0.2, 0.25) is 0 Å². The zero-order valence-electron chi connectivity index (χ0n) is 17.3. The molecule has 1 aromatic carbocycles. The maximum Gasteiger partial charge on any atom is 0.325 e. The minimum absolute atomic E-state index is 0.0138. The molecule has 0 unspecified atom stereocenters. The van der Waals surface area contributed by atoms with Crippen LogP contribution in [0.1, 0.15) is 35.2 Å². The second kappa shape index (κ2) is 8.64. The van der Waals surface area contributed by atoms with E-state index in [-0.39, 0.29) is 37.5 Å². The van der Waals surface area contributed by atoms with Crippen molar-refractivity contribution in [2.24, 2.45) is 0 Å². The Morgan fingerprint density at radius 3 is 2.77 bits per heavy atom. The largest absolute Gasteiger partial charge is 0.370 e. The molecule has 164 valence electrons. The van der Waals surface area contributed by atoms with Gasteiger partial charge in [0.05, 0.1) is 24.6 Å². The molecule has 2 N–H and O–H groups in total. The number of hydrogen-bond donors (Lipinski definition) is 2. The molecule has 0 aliphatic carbocycles. The number of fused-ring (bicyclic) bond motifs is 1. The van der Waals surface area contributed by atoms with Crippen LogP contribution < -0.4 is 10.6 Å². The van der Waals surface area contributed by atoms with Gasteiger partial charge in [-0.05, 0) is 25.3 Å². The molecule has 2 aliphatic rings. The van der Waals surface area contributed by atoms with Gasteiger partial charge in [0.2, 0.25) is 5.91 Å². The number of nitrogens with zero attached hydrogens (tertiary/aromatic N) is 2. The Morgan fingerprint density at radius 1 is 1.29 bits per heavy atom. The summed E-state index contributed by atoms with van der Waals surface area (Å²) in [5.41, 5.74) is 0.770. The predicted molar refractivity (Wildman–Crippen MR) is 115 cm³/mol. The van der Waals surface area contributed by atoms with E-state index < -0.39 is 18.0 Å². The Bertz CT molecular complexity index is 1030. The van der Waals surface area contributed by atoms with Crippen molar-refractivity contribution < 1.29 is 23.9 Å². The van der Waals surface area contributed by atoms with Crippen LogP contribution in [0.3, 0.4) is 0 Å². The second-order valence-corrected chi connectivity index (χ2v) is 8.86. The zero-order valence-corrected chi connectivity index (χ0v) is 18.2. The van der Waals surface area contributed by atoms with Gasteiger partial charge in [0.15, 0.2) is 0 Å². The zero-order chi connectivity index (χ0) is 22.1. The summed E-state index contributed by atoms with van der Waals surface area (Å²) in [4.78, 5) is 52.3. The third-order valence-electron chi connectivity index (χ3n) is 5.23. The molecule has 1 aromatic heterocycles. The van der Waals surface area contributed by atoms with Crippen LogP contribution in [0, 0.1) is 0 Å². The lowest BCUT2D eigenvalue weighted by molar-refractivity contribution is -0.142. The first-order valence-electron chi connectivity index (χ1n) is 10.1. The molecule has 2 saturated heterocycles. The standard InChI is InChI=1S/C21H24N4O5S/c1-12(2)23-20(28)19-18(13-5-3-4-6-15(13)31-19)14-10-24(7-8-30-14)17(27)11-25-16(26)9-22-21(25)29/h3-6,12,14H,7-11H2,1-2H3,(H,22,29)(H,23,28)/t14-/m1/s1. The number of nitrogens with one attached hydrogen (secondary N) is 2. The van der Waals surface area contributed by atoms with Crippen molar-refractivity contribution in [3.63, 3.8) is 0 Å². The van der Waals surface area contributed by atoms with Gasteiger partial charge in [0, 0.05) is 22.8 Å². The SMILES string of the molecule is CC(C)NC(=O)c1sc2ccccc2c1[C@H]1CN(C(=O)CN2C(=O)CNC2=O)CCO1. The fraction of sp³-hybridized carbons (Fsp3) is 0.429. The number of imide groups is 1. The number of amides is 5. The summed E-state index contributed by atoms with van der Waals surface area (Å²) in [5, 5.41) is 6.28. The Morgan fingerprint density at radius 2 is 2.06 bits per heavy atom. The number of hydrogen-bond acceptors (Lipinski definition) is 6. The van der Waals surface area contributed by atoms with Crippen LogP contribution in [-0.4, -0.2) is 72.4 Å². The Balaban J connectivity index is 1.59. The molecular formula is C21H24N4O5S. The molecule has 5 amide bonds. The average molecular weight is 445 g/mol. The van der Waals surface area contributed by atoms with Crippen LogP contribution >= 0.6 is 11.3 Å². The summed E-state index contributed by atoms with van der Waals surface area (Å²) in [6, 6.07) is 7.16. The molecule has 9 nitrogen and oxygen atoms in total. The van der Waals surface area contributed by atoms with Crippen molar-refractivity contribution in [2.45, 2.75) is 26.0 Å². The van der Waals surface area contributed by atoms with E-state index in [0.717, 1.165) is 20.5 Å². The van der Waals surface area contributed by atoms with Gasteiger partial charge >= 0.3 is 6.03 Å². The summed E-state index contributed by atoms with van der Waals surface area (Å²) < 4.78 is 6.96. The Hall–Kier alpha value is -2.98. The molecular weight excluding hydrogens is 420 g/mol. The number of thiophene rings is 1. The van der Waals surface area contributed by atoms with E-state index in [2.05, 4.69) is 10.6 Å². The molecule has 2 fully saturated rings. The molecule has 0 saturated carbocycles. The molecule has 0 bridgehead atoms. The molecule has 2 aromatic rings. The quantitative estimate of drug-likeness (QED) is 0.680. The van der Waals surface area contributed by atoms with Crippen molar-refractivity contribution in [3.8, 4) is 0 Å². The van der Waals surface area contributed by atoms with Gasteiger partial charge in [-0.2, -0.15) is 0 Å². The van der Waals surface area contributed by atoms with Gasteiger partial charge in [-0.15, -0.1) is 11.3 Å². The third-order valence-corrected chi connectivity index (χ3v) is 6.42. The summed E-state index contributed by atoms with van der Waals surface area (Å²) in [7, 11) is 0. The van der Waals surface area contributed by atoms with Crippen LogP contribution in [0.5, 0.6) is 0 Å². The summed E-state index contributed by atoms with van der Waals surface area (Å²) in [5.74, 6) is -0.913. The second-order valence-electron chi connectivity index (χ2n) is 7.81. The third kappa shape index (κ3) is 4.26. The van der Waals surface area contributed by atoms with E-state index in [1.54, 1.807) is 4.90 Å². The first-order chi connectivity index (χ1) is 14.8. The summed E-state index contributed by atoms with van der Waals surface area (Å²) in [6.07, 6.45) is -0.482. The van der Waals surface area contributed by atoms with Crippen molar-refractivity contribution in [1.82, 2.24) is 20.4 Å². The predicted octanol–water partition coefficient (Wildman–Crippen LogP) is 1.49. The summed E-state index contributed by atoms with van der Waals surface area (Å²) >= 11 is 1.40. The highest BCUT2D eigenvalue weighted by atomic mass is 32.1. The lowest BCUT2D eigenvalue weighted by atomic mass is 10.0. The number of carbonyl (C=O) groups is 4. The molecule has 4 rings (SSSR count). The van der Waals surface area contributed by atoms with E-state index in [9.17, 15) is 19.2 Å². The molecule has 10 heteroatoms. The number of ether oxygens (including phenoxy) is 1. The van der Waals surface area contributed by atoms with Crippen LogP contribution in [0.15, 0.2) is 24.3 Å². The monoisotopic (exact) mass is 444 g/mol. The van der Waals surface area contributed by atoms with E-state index in [1.165, 1.54) is 11.3 Å². The van der Waals surface area contributed by atoms with Crippen LogP contribution in [0.25, 0.3) is 10.1 Å². The highest BCUT2D eigenvalue weighted by Gasteiger charge is 2.35. The molecule has 31 heavy (non-hydrogen) atoms. The van der Waals surface area contributed by atoms with Gasteiger partial charge in [-0.3, -0.25) is 19.3 Å². The minimum atomic E-state index is -0.556. The molecule has 0 radical (unpaired) electrons. The van der Waals surface area contributed by atoms with Gasteiger partial charge in [0.1, 0.15) is 12.6 Å². The smallest absolute Gasteiger partial charge is 0.325 e. The van der Waals surface area contributed by atoms with Crippen molar-refractivity contribution in [2.75, 3.05) is 32.8 Å². The lowest BCUT2D eigenvalue weighted by Crippen LogP contribution is -2.48. The normalized spacial score (nSPS) is 19.3. The summed E-state index contributed by atoms with van der Waals surface area (Å²) in [6.45, 7) is 4.30. The Kier molecular flexibility index (Phi) is 5.92. The van der Waals surface area contributed by atoms with Crippen molar-refractivity contribution in [3.05, 3.63) is 34.7 Å². The van der Waals surface area contributed by atoms with Gasteiger partial charge in [-0.25, -0.2) is 4.79 Å². The number of urea groups is 1. The molecule has 0 spiro atoms. The fourth-order valence-corrected chi connectivity index (χ4v) is 4.94. The topological polar surface area (TPSA) is 108 Å². The van der Waals surface area contributed by atoms with E-state index in [0.29, 0.717) is 18.0 Å².